The highest BCUT2D eigenvalue weighted by Gasteiger charge is 2.25. The molecule has 0 spiro atoms. The maximum atomic E-state index is 13.3. The van der Waals surface area contributed by atoms with E-state index in [9.17, 15) is 19.2 Å². The van der Waals surface area contributed by atoms with Gasteiger partial charge in [0.1, 0.15) is 23.9 Å². The fraction of sp³-hybridized carbons (Fsp3) is 0.515. The summed E-state index contributed by atoms with van der Waals surface area (Å²) in [4.78, 5) is 50.3. The lowest BCUT2D eigenvalue weighted by Crippen LogP contribution is -2.47. The normalized spacial score (nSPS) is 12.1. The van der Waals surface area contributed by atoms with Crippen LogP contribution in [0, 0.1) is 0 Å². The van der Waals surface area contributed by atoms with Crippen LogP contribution in [-0.2, 0) is 39.6 Å². The topological polar surface area (TPSA) is 160 Å². The van der Waals surface area contributed by atoms with Crippen LogP contribution in [0.3, 0.4) is 0 Å². The van der Waals surface area contributed by atoms with E-state index in [-0.39, 0.29) is 19.6 Å². The second-order valence-corrected chi connectivity index (χ2v) is 12.1. The van der Waals surface area contributed by atoms with Gasteiger partial charge in [0.05, 0.1) is 38.6 Å². The molecule has 13 nitrogen and oxygen atoms in total. The molecule has 0 saturated carbocycles. The molecule has 2 rings (SSSR count). The van der Waals surface area contributed by atoms with Gasteiger partial charge in [-0.1, -0.05) is 12.1 Å². The summed E-state index contributed by atoms with van der Waals surface area (Å²) in [5.41, 5.74) is 0.533. The van der Waals surface area contributed by atoms with Crippen molar-refractivity contribution >= 4 is 35.4 Å². The number of amides is 3. The van der Waals surface area contributed by atoms with Crippen molar-refractivity contribution < 1.29 is 47.6 Å². The first-order valence-electron chi connectivity index (χ1n) is 15.0. The number of esters is 1. The molecule has 0 unspecified atom stereocenters. The van der Waals surface area contributed by atoms with Crippen LogP contribution in [0.25, 0.3) is 0 Å². The van der Waals surface area contributed by atoms with Gasteiger partial charge >= 0.3 is 18.2 Å². The minimum Gasteiger partial charge on any atom is -0.456 e. The van der Waals surface area contributed by atoms with Gasteiger partial charge in [-0.3, -0.25) is 10.1 Å². The van der Waals surface area contributed by atoms with Gasteiger partial charge in [-0.05, 0) is 83.5 Å². The van der Waals surface area contributed by atoms with Gasteiger partial charge < -0.3 is 39.1 Å². The summed E-state index contributed by atoms with van der Waals surface area (Å²) in [6, 6.07) is 12.0. The summed E-state index contributed by atoms with van der Waals surface area (Å²) in [5.74, 6) is -0.976. The van der Waals surface area contributed by atoms with Crippen LogP contribution in [0.15, 0.2) is 48.5 Å². The van der Waals surface area contributed by atoms with Gasteiger partial charge in [-0.2, -0.15) is 0 Å². The van der Waals surface area contributed by atoms with Crippen LogP contribution in [0.4, 0.5) is 21.0 Å². The Kier molecular flexibility index (Phi) is 15.4. The van der Waals surface area contributed by atoms with Crippen LogP contribution in [0.1, 0.15) is 57.5 Å². The van der Waals surface area contributed by atoms with Crippen molar-refractivity contribution in [1.29, 1.82) is 0 Å². The highest BCUT2D eigenvalue weighted by molar-refractivity contribution is 5.97. The molecule has 0 fully saturated rings. The molecule has 13 heteroatoms. The Morgan fingerprint density at radius 2 is 1.17 bits per heavy atom. The third-order valence-corrected chi connectivity index (χ3v) is 5.70. The van der Waals surface area contributed by atoms with Crippen molar-refractivity contribution in [3.8, 4) is 0 Å². The first kappa shape index (κ1) is 38.0. The molecule has 254 valence electrons. The van der Waals surface area contributed by atoms with E-state index < -0.39 is 41.3 Å². The lowest BCUT2D eigenvalue weighted by Gasteiger charge is -2.23. The van der Waals surface area contributed by atoms with E-state index in [1.807, 2.05) is 0 Å². The minimum absolute atomic E-state index is 0.0683. The molecular formula is C33H47N3O10. The SMILES string of the molecule is COCCOCCOCCOC(=O)Nc1ccc(C[C@H](NC(=O)OC(C)(C)C)C(=O)Nc2ccc(C(=O)OC(C)(C)C)cc2)cc1. The molecule has 2 aromatic rings. The Bertz CT molecular complexity index is 1250. The standard InChI is InChI=1S/C33H47N3O10/c1-32(2,3)45-29(38)24-10-14-25(15-11-24)34-28(37)27(36-31(40)46-33(4,5)6)22-23-8-12-26(13-9-23)35-30(39)44-21-20-43-19-18-42-17-16-41-7/h8-15,27H,16-22H2,1-7H3,(H,34,37)(H,35,39)(H,36,40)/t27-/m0/s1. The van der Waals surface area contributed by atoms with Gasteiger partial charge in [0.15, 0.2) is 0 Å². The summed E-state index contributed by atoms with van der Waals surface area (Å²) in [6.07, 6.45) is -1.27. The summed E-state index contributed by atoms with van der Waals surface area (Å²) in [6.45, 7) is 12.6. The van der Waals surface area contributed by atoms with E-state index in [4.69, 9.17) is 28.4 Å². The minimum atomic E-state index is -1.01. The van der Waals surface area contributed by atoms with Gasteiger partial charge in [-0.15, -0.1) is 0 Å². The molecule has 0 aromatic heterocycles. The molecular weight excluding hydrogens is 598 g/mol. The number of methoxy groups -OCH3 is 1. The van der Waals surface area contributed by atoms with Gasteiger partial charge in [0.25, 0.3) is 0 Å². The van der Waals surface area contributed by atoms with E-state index in [0.717, 1.165) is 0 Å². The number of hydrogen-bond donors (Lipinski definition) is 3. The average molecular weight is 646 g/mol. The molecule has 0 radical (unpaired) electrons. The average Bonchev–Trinajstić information content (AvgIpc) is 2.95. The van der Waals surface area contributed by atoms with E-state index >= 15 is 0 Å². The van der Waals surface area contributed by atoms with Crippen LogP contribution in [0.5, 0.6) is 0 Å². The van der Waals surface area contributed by atoms with Gasteiger partial charge in [-0.25, -0.2) is 14.4 Å². The molecule has 3 N–H and O–H groups in total. The Morgan fingerprint density at radius 3 is 1.74 bits per heavy atom. The first-order valence-corrected chi connectivity index (χ1v) is 15.0. The Labute approximate surface area is 270 Å². The lowest BCUT2D eigenvalue weighted by molar-refractivity contribution is -0.118. The monoisotopic (exact) mass is 645 g/mol. The predicted molar refractivity (Wildman–Crippen MR) is 172 cm³/mol. The van der Waals surface area contributed by atoms with E-state index in [2.05, 4.69) is 16.0 Å². The van der Waals surface area contributed by atoms with Crippen molar-refractivity contribution in [2.24, 2.45) is 0 Å². The zero-order valence-electron chi connectivity index (χ0n) is 27.7. The molecule has 0 bridgehead atoms. The quantitative estimate of drug-likeness (QED) is 0.130. The number of benzene rings is 2. The summed E-state index contributed by atoms with van der Waals surface area (Å²) >= 11 is 0. The van der Waals surface area contributed by atoms with E-state index in [1.54, 1.807) is 97.2 Å². The van der Waals surface area contributed by atoms with Crippen molar-refractivity contribution in [3.63, 3.8) is 0 Å². The molecule has 2 aromatic carbocycles. The number of alkyl carbamates (subject to hydrolysis) is 1. The van der Waals surface area contributed by atoms with Crippen molar-refractivity contribution in [1.82, 2.24) is 5.32 Å². The Balaban J connectivity index is 1.95. The Hall–Kier alpha value is -4.20. The molecule has 0 saturated heterocycles. The summed E-state index contributed by atoms with van der Waals surface area (Å²) < 4.78 is 31.4. The van der Waals surface area contributed by atoms with Gasteiger partial charge in [0.2, 0.25) is 5.91 Å². The highest BCUT2D eigenvalue weighted by atomic mass is 16.6. The third kappa shape index (κ3) is 16.2. The molecule has 0 aliphatic heterocycles. The maximum Gasteiger partial charge on any atom is 0.411 e. The predicted octanol–water partition coefficient (Wildman–Crippen LogP) is 4.94. The highest BCUT2D eigenvalue weighted by Crippen LogP contribution is 2.17. The second-order valence-electron chi connectivity index (χ2n) is 12.1. The fourth-order valence-electron chi connectivity index (χ4n) is 3.69. The van der Waals surface area contributed by atoms with E-state index in [1.165, 1.54) is 0 Å². The molecule has 1 atom stereocenters. The number of ether oxygens (including phenoxy) is 6. The fourth-order valence-corrected chi connectivity index (χ4v) is 3.69. The molecule has 0 aliphatic carbocycles. The second kappa shape index (κ2) is 18.7. The number of anilines is 2. The third-order valence-electron chi connectivity index (χ3n) is 5.70. The van der Waals surface area contributed by atoms with Crippen molar-refractivity contribution in [2.45, 2.75) is 65.2 Å². The van der Waals surface area contributed by atoms with Crippen LogP contribution < -0.4 is 16.0 Å². The Morgan fingerprint density at radius 1 is 0.652 bits per heavy atom. The molecule has 0 aliphatic rings. The van der Waals surface area contributed by atoms with Crippen LogP contribution in [-0.4, -0.2) is 88.1 Å². The molecule has 3 amide bonds. The smallest absolute Gasteiger partial charge is 0.411 e. The largest absolute Gasteiger partial charge is 0.456 e. The zero-order chi connectivity index (χ0) is 34.2. The zero-order valence-corrected chi connectivity index (χ0v) is 27.7. The van der Waals surface area contributed by atoms with Crippen molar-refractivity contribution in [2.75, 3.05) is 57.4 Å². The molecule has 46 heavy (non-hydrogen) atoms. The number of carbonyl (C=O) groups is 4. The number of rotatable bonds is 16. The lowest BCUT2D eigenvalue weighted by atomic mass is 10.0. The van der Waals surface area contributed by atoms with Crippen LogP contribution in [0.2, 0.25) is 0 Å². The van der Waals surface area contributed by atoms with Crippen molar-refractivity contribution in [3.05, 3.63) is 59.7 Å². The first-order chi connectivity index (χ1) is 21.6. The maximum absolute atomic E-state index is 13.3. The summed E-state index contributed by atoms with van der Waals surface area (Å²) in [5, 5.41) is 8.03. The number of nitrogens with one attached hydrogen (secondary N) is 3. The number of carbonyl (C=O) groups excluding carboxylic acids is 4. The molecule has 0 heterocycles. The summed E-state index contributed by atoms with van der Waals surface area (Å²) in [7, 11) is 1.60. The number of hydrogen-bond acceptors (Lipinski definition) is 10. The van der Waals surface area contributed by atoms with Gasteiger partial charge in [0, 0.05) is 24.9 Å². The van der Waals surface area contributed by atoms with Crippen LogP contribution >= 0.6 is 0 Å². The van der Waals surface area contributed by atoms with E-state index in [0.29, 0.717) is 48.9 Å².